The van der Waals surface area contributed by atoms with E-state index < -0.39 is 17.5 Å². The number of aromatic nitrogens is 2. The number of amides is 1. The number of nitrogens with two attached hydrogens (primary N) is 1. The summed E-state index contributed by atoms with van der Waals surface area (Å²) in [5.74, 6) is -2.06. The number of rotatable bonds is 4. The van der Waals surface area contributed by atoms with Gasteiger partial charge in [0.15, 0.2) is 11.6 Å². The fourth-order valence-electron chi connectivity index (χ4n) is 2.52. The summed E-state index contributed by atoms with van der Waals surface area (Å²) in [7, 11) is 1.47. The third kappa shape index (κ3) is 2.50. The van der Waals surface area contributed by atoms with E-state index in [-0.39, 0.29) is 17.7 Å². The summed E-state index contributed by atoms with van der Waals surface area (Å²) < 4.78 is 34.1. The Morgan fingerprint density at radius 1 is 1.35 bits per heavy atom. The first-order valence-corrected chi connectivity index (χ1v) is 6.77. The fraction of sp³-hybridized carbons (Fsp3) is 0.125. The highest BCUT2D eigenvalue weighted by molar-refractivity contribution is 6.05. The third-order valence-electron chi connectivity index (χ3n) is 3.57. The van der Waals surface area contributed by atoms with Gasteiger partial charge in [-0.15, -0.1) is 0 Å². The summed E-state index contributed by atoms with van der Waals surface area (Å²) >= 11 is 0. The molecule has 3 aromatic rings. The molecule has 0 unspecified atom stereocenters. The van der Waals surface area contributed by atoms with Gasteiger partial charge in [-0.25, -0.2) is 8.78 Å². The second kappa shape index (κ2) is 5.68. The van der Waals surface area contributed by atoms with Crippen LogP contribution < -0.4 is 10.5 Å². The summed E-state index contributed by atoms with van der Waals surface area (Å²) in [6.07, 6.45) is 2.95. The van der Waals surface area contributed by atoms with Gasteiger partial charge in [-0.2, -0.15) is 0 Å². The van der Waals surface area contributed by atoms with Crippen molar-refractivity contribution in [3.8, 4) is 5.75 Å². The van der Waals surface area contributed by atoms with Gasteiger partial charge in [0.25, 0.3) is 5.91 Å². The molecule has 2 heterocycles. The van der Waals surface area contributed by atoms with E-state index in [1.54, 1.807) is 10.6 Å². The minimum absolute atomic E-state index is 0.00935. The van der Waals surface area contributed by atoms with Crippen molar-refractivity contribution in [2.75, 3.05) is 7.11 Å². The minimum atomic E-state index is -0.933. The van der Waals surface area contributed by atoms with Crippen LogP contribution >= 0.6 is 0 Å². The van der Waals surface area contributed by atoms with Crippen molar-refractivity contribution in [1.29, 1.82) is 0 Å². The topological polar surface area (TPSA) is 70.1 Å². The van der Waals surface area contributed by atoms with Crippen LogP contribution in [0.1, 0.15) is 15.9 Å². The van der Waals surface area contributed by atoms with Crippen LogP contribution in [0.2, 0.25) is 0 Å². The van der Waals surface area contributed by atoms with Gasteiger partial charge in [-0.3, -0.25) is 9.78 Å². The third-order valence-corrected chi connectivity index (χ3v) is 3.57. The lowest BCUT2D eigenvalue weighted by Gasteiger charge is -2.09. The Balaban J connectivity index is 2.21. The SMILES string of the molecule is COc1ccnc2c(C(N)=O)cn(Cc3cccc(F)c3F)c12. The molecule has 23 heavy (non-hydrogen) atoms. The lowest BCUT2D eigenvalue weighted by Crippen LogP contribution is -2.10. The number of hydrogen-bond donors (Lipinski definition) is 1. The van der Waals surface area contributed by atoms with E-state index in [1.807, 2.05) is 0 Å². The van der Waals surface area contributed by atoms with Crippen molar-refractivity contribution < 1.29 is 18.3 Å². The summed E-state index contributed by atoms with van der Waals surface area (Å²) in [6.45, 7) is 0.00935. The Bertz CT molecular complexity index is 906. The van der Waals surface area contributed by atoms with Crippen LogP contribution in [0.25, 0.3) is 11.0 Å². The summed E-state index contributed by atoms with van der Waals surface area (Å²) in [4.78, 5) is 15.7. The number of fused-ring (bicyclic) bond motifs is 1. The van der Waals surface area contributed by atoms with Gasteiger partial charge in [-0.05, 0) is 6.07 Å². The maximum absolute atomic E-state index is 13.9. The second-order valence-electron chi connectivity index (χ2n) is 4.96. The molecule has 0 spiro atoms. The monoisotopic (exact) mass is 317 g/mol. The first-order valence-electron chi connectivity index (χ1n) is 6.77. The molecule has 2 aromatic heterocycles. The predicted molar refractivity (Wildman–Crippen MR) is 80.3 cm³/mol. The summed E-state index contributed by atoms with van der Waals surface area (Å²) in [6, 6.07) is 5.55. The highest BCUT2D eigenvalue weighted by Gasteiger charge is 2.18. The number of methoxy groups -OCH3 is 1. The van der Waals surface area contributed by atoms with Crippen molar-refractivity contribution in [1.82, 2.24) is 9.55 Å². The van der Waals surface area contributed by atoms with Crippen molar-refractivity contribution >= 4 is 16.9 Å². The summed E-state index contributed by atoms with van der Waals surface area (Å²) in [5.41, 5.74) is 6.55. The largest absolute Gasteiger partial charge is 0.494 e. The molecule has 0 saturated carbocycles. The van der Waals surface area contributed by atoms with Crippen LogP contribution in [0.15, 0.2) is 36.7 Å². The maximum Gasteiger partial charge on any atom is 0.252 e. The standard InChI is InChI=1S/C16H13F2N3O2/c1-23-12-5-6-20-14-10(16(19)22)8-21(15(12)14)7-9-3-2-4-11(17)13(9)18/h2-6,8H,7H2,1H3,(H2,19,22). The molecular formula is C16H13F2N3O2. The Kier molecular flexibility index (Phi) is 3.69. The van der Waals surface area contributed by atoms with Crippen LogP contribution in [-0.4, -0.2) is 22.6 Å². The molecule has 0 fully saturated rings. The number of carbonyl (C=O) groups is 1. The van der Waals surface area contributed by atoms with Crippen LogP contribution in [0, 0.1) is 11.6 Å². The predicted octanol–water partition coefficient (Wildman–Crippen LogP) is 2.47. The zero-order valence-corrected chi connectivity index (χ0v) is 12.2. The highest BCUT2D eigenvalue weighted by atomic mass is 19.2. The molecule has 118 valence electrons. The zero-order chi connectivity index (χ0) is 16.6. The number of benzene rings is 1. The average molecular weight is 317 g/mol. The normalized spacial score (nSPS) is 10.9. The van der Waals surface area contributed by atoms with E-state index in [0.717, 1.165) is 6.07 Å². The number of ether oxygens (including phenoxy) is 1. The lowest BCUT2D eigenvalue weighted by atomic mass is 10.2. The fourth-order valence-corrected chi connectivity index (χ4v) is 2.52. The van der Waals surface area contributed by atoms with Crippen molar-refractivity contribution in [3.05, 3.63) is 59.4 Å². The van der Waals surface area contributed by atoms with Crippen LogP contribution in [0.3, 0.4) is 0 Å². The molecule has 0 aliphatic rings. The second-order valence-corrected chi connectivity index (χ2v) is 4.96. The van der Waals surface area contributed by atoms with Crippen LogP contribution in [0.4, 0.5) is 8.78 Å². The lowest BCUT2D eigenvalue weighted by molar-refractivity contribution is 0.100. The zero-order valence-electron chi connectivity index (χ0n) is 12.2. The first kappa shape index (κ1) is 15.0. The number of halogens is 2. The Hall–Kier alpha value is -2.96. The van der Waals surface area contributed by atoms with E-state index in [9.17, 15) is 13.6 Å². The smallest absolute Gasteiger partial charge is 0.252 e. The first-order chi connectivity index (χ1) is 11.0. The molecule has 0 aliphatic heterocycles. The summed E-state index contributed by atoms with van der Waals surface area (Å²) in [5, 5.41) is 0. The van der Waals surface area contributed by atoms with E-state index in [4.69, 9.17) is 10.5 Å². The van der Waals surface area contributed by atoms with Gasteiger partial charge in [0.2, 0.25) is 0 Å². The molecule has 1 aromatic carbocycles. The van der Waals surface area contributed by atoms with Crippen LogP contribution in [0.5, 0.6) is 5.75 Å². The number of hydrogen-bond acceptors (Lipinski definition) is 3. The van der Waals surface area contributed by atoms with Gasteiger partial charge in [-0.1, -0.05) is 12.1 Å². The van der Waals surface area contributed by atoms with E-state index in [1.165, 1.54) is 31.6 Å². The Morgan fingerprint density at radius 3 is 2.83 bits per heavy atom. The molecule has 5 nitrogen and oxygen atoms in total. The number of nitrogens with zero attached hydrogens (tertiary/aromatic N) is 2. The molecule has 0 atom stereocenters. The average Bonchev–Trinajstić information content (AvgIpc) is 2.91. The molecule has 0 bridgehead atoms. The molecule has 2 N–H and O–H groups in total. The number of primary amides is 1. The van der Waals surface area contributed by atoms with Gasteiger partial charge >= 0.3 is 0 Å². The number of pyridine rings is 1. The van der Waals surface area contributed by atoms with Gasteiger partial charge in [0.05, 0.1) is 19.2 Å². The highest BCUT2D eigenvalue weighted by Crippen LogP contribution is 2.29. The molecule has 0 radical (unpaired) electrons. The molecule has 0 aliphatic carbocycles. The van der Waals surface area contributed by atoms with E-state index in [2.05, 4.69) is 4.98 Å². The van der Waals surface area contributed by atoms with Crippen molar-refractivity contribution in [2.24, 2.45) is 5.73 Å². The van der Waals surface area contributed by atoms with Crippen molar-refractivity contribution in [3.63, 3.8) is 0 Å². The molecule has 1 amide bonds. The molecule has 7 heteroatoms. The van der Waals surface area contributed by atoms with Gasteiger partial charge < -0.3 is 15.0 Å². The molecular weight excluding hydrogens is 304 g/mol. The molecule has 0 saturated heterocycles. The molecule has 3 rings (SSSR count). The number of carbonyl (C=O) groups excluding carboxylic acids is 1. The van der Waals surface area contributed by atoms with E-state index in [0.29, 0.717) is 16.8 Å². The van der Waals surface area contributed by atoms with E-state index >= 15 is 0 Å². The quantitative estimate of drug-likeness (QED) is 0.803. The minimum Gasteiger partial charge on any atom is -0.494 e. The van der Waals surface area contributed by atoms with Gasteiger partial charge in [0, 0.05) is 24.0 Å². The maximum atomic E-state index is 13.9. The Labute approximate surface area is 130 Å². The van der Waals surface area contributed by atoms with Crippen LogP contribution in [-0.2, 0) is 6.54 Å². The Morgan fingerprint density at radius 2 is 2.13 bits per heavy atom. The van der Waals surface area contributed by atoms with Gasteiger partial charge in [0.1, 0.15) is 16.8 Å². The van der Waals surface area contributed by atoms with Crippen molar-refractivity contribution in [2.45, 2.75) is 6.54 Å².